The van der Waals surface area contributed by atoms with Crippen LogP contribution < -0.4 is 10.6 Å². The first-order valence-corrected chi connectivity index (χ1v) is 7.91. The van der Waals surface area contributed by atoms with E-state index >= 15 is 0 Å². The fourth-order valence-electron chi connectivity index (χ4n) is 2.32. The highest BCUT2D eigenvalue weighted by atomic mass is 19.1. The van der Waals surface area contributed by atoms with Gasteiger partial charge in [0.1, 0.15) is 5.82 Å². The van der Waals surface area contributed by atoms with Crippen LogP contribution in [0.4, 0.5) is 4.39 Å². The van der Waals surface area contributed by atoms with Gasteiger partial charge >= 0.3 is 0 Å². The van der Waals surface area contributed by atoms with Gasteiger partial charge < -0.3 is 10.6 Å². The molecule has 122 valence electrons. The Morgan fingerprint density at radius 2 is 1.78 bits per heavy atom. The molecule has 0 bridgehead atoms. The number of carbonyl (C=O) groups excluding carboxylic acids is 1. The molecule has 0 unspecified atom stereocenters. The Morgan fingerprint density at radius 3 is 2.52 bits per heavy atom. The van der Waals surface area contributed by atoms with Crippen LogP contribution in [0.1, 0.15) is 23.1 Å². The molecule has 0 radical (unpaired) electrons. The maximum Gasteiger partial charge on any atom is 0.221 e. The van der Waals surface area contributed by atoms with Gasteiger partial charge in [-0.3, -0.25) is 4.79 Å². The molecule has 2 rings (SSSR count). The molecule has 0 aliphatic carbocycles. The Hall–Kier alpha value is -2.20. The maximum absolute atomic E-state index is 12.8. The van der Waals surface area contributed by atoms with Crippen LogP contribution in [-0.4, -0.2) is 19.0 Å². The molecular weight excluding hydrogens is 291 g/mol. The van der Waals surface area contributed by atoms with Crippen molar-refractivity contribution < 1.29 is 9.18 Å². The molecule has 0 saturated heterocycles. The van der Waals surface area contributed by atoms with E-state index in [0.717, 1.165) is 12.1 Å². The minimum atomic E-state index is -0.238. The molecule has 0 aliphatic heterocycles. The largest absolute Gasteiger partial charge is 0.356 e. The second kappa shape index (κ2) is 9.06. The standard InChI is InChI=1S/C19H23FN2O/c1-15-4-2-3-5-17(15)14-21-12-11-19(23)22-13-10-16-6-8-18(20)9-7-16/h2-9,21H,10-14H2,1H3,(H,22,23). The van der Waals surface area contributed by atoms with E-state index < -0.39 is 0 Å². The number of rotatable bonds is 8. The Labute approximate surface area is 136 Å². The van der Waals surface area contributed by atoms with Gasteiger partial charge in [0.15, 0.2) is 0 Å². The third-order valence-electron chi connectivity index (χ3n) is 3.75. The lowest BCUT2D eigenvalue weighted by Gasteiger charge is -2.08. The predicted octanol–water partition coefficient (Wildman–Crippen LogP) is 2.97. The Morgan fingerprint density at radius 1 is 1.04 bits per heavy atom. The van der Waals surface area contributed by atoms with E-state index in [0.29, 0.717) is 25.9 Å². The lowest BCUT2D eigenvalue weighted by molar-refractivity contribution is -0.120. The smallest absolute Gasteiger partial charge is 0.221 e. The molecule has 2 aromatic rings. The van der Waals surface area contributed by atoms with Crippen molar-refractivity contribution in [3.8, 4) is 0 Å². The van der Waals surface area contributed by atoms with Crippen LogP contribution in [0.3, 0.4) is 0 Å². The highest BCUT2D eigenvalue weighted by molar-refractivity contribution is 5.76. The molecule has 23 heavy (non-hydrogen) atoms. The molecule has 1 amide bonds. The molecule has 3 nitrogen and oxygen atoms in total. The summed E-state index contributed by atoms with van der Waals surface area (Å²) in [5, 5.41) is 6.17. The Kier molecular flexibility index (Phi) is 6.76. The summed E-state index contributed by atoms with van der Waals surface area (Å²) in [7, 11) is 0. The van der Waals surface area contributed by atoms with Crippen LogP contribution in [0.25, 0.3) is 0 Å². The van der Waals surface area contributed by atoms with Crippen molar-refractivity contribution in [1.29, 1.82) is 0 Å². The topological polar surface area (TPSA) is 41.1 Å². The van der Waals surface area contributed by atoms with Gasteiger partial charge in [0, 0.05) is 26.1 Å². The number of hydrogen-bond donors (Lipinski definition) is 2. The molecule has 2 N–H and O–H groups in total. The fourth-order valence-corrected chi connectivity index (χ4v) is 2.32. The van der Waals surface area contributed by atoms with Crippen molar-refractivity contribution in [2.45, 2.75) is 26.3 Å². The molecule has 4 heteroatoms. The molecule has 0 aliphatic rings. The number of carbonyl (C=O) groups is 1. The molecule has 0 atom stereocenters. The van der Waals surface area contributed by atoms with E-state index in [2.05, 4.69) is 29.7 Å². The number of nitrogens with one attached hydrogen (secondary N) is 2. The van der Waals surface area contributed by atoms with Crippen LogP contribution in [-0.2, 0) is 17.8 Å². The van der Waals surface area contributed by atoms with Crippen molar-refractivity contribution in [2.24, 2.45) is 0 Å². The van der Waals surface area contributed by atoms with Crippen molar-refractivity contribution in [3.63, 3.8) is 0 Å². The maximum atomic E-state index is 12.8. The van der Waals surface area contributed by atoms with Crippen molar-refractivity contribution in [1.82, 2.24) is 10.6 Å². The van der Waals surface area contributed by atoms with Crippen molar-refractivity contribution in [2.75, 3.05) is 13.1 Å². The summed E-state index contributed by atoms with van der Waals surface area (Å²) >= 11 is 0. The number of amides is 1. The van der Waals surface area contributed by atoms with E-state index in [1.807, 2.05) is 12.1 Å². The Bertz CT molecular complexity index is 626. The normalized spacial score (nSPS) is 10.5. The fraction of sp³-hybridized carbons (Fsp3) is 0.316. The minimum Gasteiger partial charge on any atom is -0.356 e. The Balaban J connectivity index is 1.58. The molecule has 0 saturated carbocycles. The van der Waals surface area contributed by atoms with E-state index in [-0.39, 0.29) is 11.7 Å². The minimum absolute atomic E-state index is 0.0318. The van der Waals surface area contributed by atoms with Crippen LogP contribution in [0.15, 0.2) is 48.5 Å². The van der Waals surface area contributed by atoms with E-state index in [1.54, 1.807) is 12.1 Å². The lowest BCUT2D eigenvalue weighted by atomic mass is 10.1. The highest BCUT2D eigenvalue weighted by Gasteiger charge is 2.02. The zero-order valence-corrected chi connectivity index (χ0v) is 13.4. The average Bonchev–Trinajstić information content (AvgIpc) is 2.55. The molecular formula is C19H23FN2O. The van der Waals surface area contributed by atoms with E-state index in [1.165, 1.54) is 23.3 Å². The van der Waals surface area contributed by atoms with Gasteiger partial charge in [-0.25, -0.2) is 4.39 Å². The number of halogens is 1. The third kappa shape index (κ3) is 6.20. The summed E-state index contributed by atoms with van der Waals surface area (Å²) in [6.45, 7) is 4.08. The molecule has 2 aromatic carbocycles. The monoisotopic (exact) mass is 314 g/mol. The van der Waals surface area contributed by atoms with E-state index in [9.17, 15) is 9.18 Å². The SMILES string of the molecule is Cc1ccccc1CNCCC(=O)NCCc1ccc(F)cc1. The van der Waals surface area contributed by atoms with Gasteiger partial charge in [0.2, 0.25) is 5.91 Å². The zero-order chi connectivity index (χ0) is 16.5. The number of hydrogen-bond acceptors (Lipinski definition) is 2. The third-order valence-corrected chi connectivity index (χ3v) is 3.75. The molecule has 0 fully saturated rings. The molecule has 0 aromatic heterocycles. The van der Waals surface area contributed by atoms with Gasteiger partial charge in [0.05, 0.1) is 0 Å². The van der Waals surface area contributed by atoms with Gasteiger partial charge in [-0.05, 0) is 42.2 Å². The first-order chi connectivity index (χ1) is 11.1. The summed E-state index contributed by atoms with van der Waals surface area (Å²) in [6.07, 6.45) is 1.16. The van der Waals surface area contributed by atoms with Gasteiger partial charge in [-0.1, -0.05) is 36.4 Å². The summed E-state index contributed by atoms with van der Waals surface area (Å²) < 4.78 is 12.8. The van der Waals surface area contributed by atoms with Gasteiger partial charge in [-0.2, -0.15) is 0 Å². The molecule has 0 heterocycles. The second-order valence-electron chi connectivity index (χ2n) is 5.58. The van der Waals surface area contributed by atoms with Gasteiger partial charge in [0.25, 0.3) is 0 Å². The van der Waals surface area contributed by atoms with Gasteiger partial charge in [-0.15, -0.1) is 0 Å². The average molecular weight is 314 g/mol. The van der Waals surface area contributed by atoms with E-state index in [4.69, 9.17) is 0 Å². The van der Waals surface area contributed by atoms with Crippen LogP contribution >= 0.6 is 0 Å². The summed E-state index contributed by atoms with van der Waals surface area (Å²) in [4.78, 5) is 11.8. The van der Waals surface area contributed by atoms with Crippen LogP contribution in [0, 0.1) is 12.7 Å². The number of aryl methyl sites for hydroxylation is 1. The molecule has 0 spiro atoms. The summed E-state index contributed by atoms with van der Waals surface area (Å²) in [5.41, 5.74) is 3.53. The second-order valence-corrected chi connectivity index (χ2v) is 5.58. The summed E-state index contributed by atoms with van der Waals surface area (Å²) in [6, 6.07) is 14.6. The highest BCUT2D eigenvalue weighted by Crippen LogP contribution is 2.06. The number of benzene rings is 2. The first-order valence-electron chi connectivity index (χ1n) is 7.91. The lowest BCUT2D eigenvalue weighted by Crippen LogP contribution is -2.29. The predicted molar refractivity (Wildman–Crippen MR) is 90.6 cm³/mol. The zero-order valence-electron chi connectivity index (χ0n) is 13.4. The van der Waals surface area contributed by atoms with Crippen LogP contribution in [0.5, 0.6) is 0 Å². The summed E-state index contributed by atoms with van der Waals surface area (Å²) in [5.74, 6) is -0.207. The van der Waals surface area contributed by atoms with Crippen molar-refractivity contribution in [3.05, 3.63) is 71.0 Å². The first kappa shape index (κ1) is 17.2. The van der Waals surface area contributed by atoms with Crippen LogP contribution in [0.2, 0.25) is 0 Å². The van der Waals surface area contributed by atoms with Crippen molar-refractivity contribution >= 4 is 5.91 Å². The quantitative estimate of drug-likeness (QED) is 0.736.